The summed E-state index contributed by atoms with van der Waals surface area (Å²) >= 11 is 0. The quantitative estimate of drug-likeness (QED) is 0.217. The lowest BCUT2D eigenvalue weighted by Crippen LogP contribution is -2.48. The number of amides is 1. The number of hydrogen-bond acceptors (Lipinski definition) is 4. The SMILES string of the molecule is CCOC(=O)CC1CCC(C(=O)N2c3ccc(C(F)(F)F)cc3C(C(C#N)c3cc(C(F)(F)F)cc(C(F)(F)F)c3)CC2CC)CC1. The van der Waals surface area contributed by atoms with Crippen LogP contribution in [0.25, 0.3) is 0 Å². The maximum atomic E-state index is 14.0. The number of nitriles is 1. The van der Waals surface area contributed by atoms with Crippen molar-refractivity contribution in [1.29, 1.82) is 5.26 Å². The average Bonchev–Trinajstić information content (AvgIpc) is 2.99. The third kappa shape index (κ3) is 8.04. The van der Waals surface area contributed by atoms with Crippen molar-refractivity contribution in [3.63, 3.8) is 0 Å². The van der Waals surface area contributed by atoms with Gasteiger partial charge in [0.1, 0.15) is 0 Å². The summed E-state index contributed by atoms with van der Waals surface area (Å²) in [6.07, 6.45) is -13.1. The molecule has 0 radical (unpaired) electrons. The molecule has 4 rings (SSSR count). The van der Waals surface area contributed by atoms with E-state index in [9.17, 15) is 54.4 Å². The zero-order valence-electron chi connectivity index (χ0n) is 25.5. The molecule has 2 aromatic rings. The molecule has 3 atom stereocenters. The first-order chi connectivity index (χ1) is 21.9. The van der Waals surface area contributed by atoms with E-state index in [2.05, 4.69) is 0 Å². The van der Waals surface area contributed by atoms with Gasteiger partial charge in [-0.3, -0.25) is 9.59 Å². The normalized spacial score (nSPS) is 22.6. The molecule has 1 amide bonds. The van der Waals surface area contributed by atoms with Crippen molar-refractivity contribution >= 4 is 17.6 Å². The summed E-state index contributed by atoms with van der Waals surface area (Å²) in [5.41, 5.74) is -5.21. The van der Waals surface area contributed by atoms with E-state index in [1.165, 1.54) is 4.90 Å². The van der Waals surface area contributed by atoms with Gasteiger partial charge in [-0.05, 0) is 98.9 Å². The minimum absolute atomic E-state index is 0.00197. The third-order valence-electron chi connectivity index (χ3n) is 9.08. The van der Waals surface area contributed by atoms with E-state index >= 15 is 0 Å². The molecule has 256 valence electrons. The van der Waals surface area contributed by atoms with Crippen LogP contribution >= 0.6 is 0 Å². The van der Waals surface area contributed by atoms with E-state index in [1.807, 2.05) is 0 Å². The highest BCUT2D eigenvalue weighted by atomic mass is 19.4. The van der Waals surface area contributed by atoms with Crippen LogP contribution in [-0.4, -0.2) is 24.5 Å². The van der Waals surface area contributed by atoms with Gasteiger partial charge < -0.3 is 9.64 Å². The molecule has 2 aromatic carbocycles. The van der Waals surface area contributed by atoms with Crippen LogP contribution < -0.4 is 4.90 Å². The molecule has 2 aliphatic rings. The smallest absolute Gasteiger partial charge is 0.416 e. The van der Waals surface area contributed by atoms with Crippen molar-refractivity contribution in [3.05, 3.63) is 64.2 Å². The fraction of sp³-hybridized carbons (Fsp3) is 0.545. The summed E-state index contributed by atoms with van der Waals surface area (Å²) in [5.74, 6) is -4.23. The molecule has 1 fully saturated rings. The molecule has 0 bridgehead atoms. The highest BCUT2D eigenvalue weighted by molar-refractivity contribution is 5.97. The second-order valence-electron chi connectivity index (χ2n) is 12.1. The monoisotopic (exact) mass is 676 g/mol. The summed E-state index contributed by atoms with van der Waals surface area (Å²) in [6.45, 7) is 3.62. The fourth-order valence-electron chi connectivity index (χ4n) is 6.75. The number of anilines is 1. The Bertz CT molecular complexity index is 1470. The molecule has 1 aliphatic carbocycles. The van der Waals surface area contributed by atoms with Crippen molar-refractivity contribution in [2.75, 3.05) is 11.5 Å². The van der Waals surface area contributed by atoms with E-state index in [0.717, 1.165) is 18.2 Å². The zero-order chi connectivity index (χ0) is 34.9. The second kappa shape index (κ2) is 13.8. The van der Waals surface area contributed by atoms with Crippen LogP contribution in [0.1, 0.15) is 98.4 Å². The van der Waals surface area contributed by atoms with Gasteiger partial charge in [0.05, 0.1) is 35.3 Å². The van der Waals surface area contributed by atoms with Gasteiger partial charge in [0.2, 0.25) is 5.91 Å². The Labute approximate surface area is 265 Å². The van der Waals surface area contributed by atoms with E-state index in [1.54, 1.807) is 19.9 Å². The summed E-state index contributed by atoms with van der Waals surface area (Å²) < 4.78 is 129. The lowest BCUT2D eigenvalue weighted by atomic mass is 9.73. The van der Waals surface area contributed by atoms with Crippen LogP contribution in [0.5, 0.6) is 0 Å². The number of halogens is 9. The van der Waals surface area contributed by atoms with Crippen molar-refractivity contribution in [2.45, 2.75) is 95.2 Å². The highest BCUT2D eigenvalue weighted by Crippen LogP contribution is 2.50. The number of benzene rings is 2. The Morgan fingerprint density at radius 2 is 1.45 bits per heavy atom. The Balaban J connectivity index is 1.77. The van der Waals surface area contributed by atoms with E-state index in [4.69, 9.17) is 4.74 Å². The largest absolute Gasteiger partial charge is 0.466 e. The van der Waals surface area contributed by atoms with Crippen LogP contribution in [0.2, 0.25) is 0 Å². The molecule has 1 aliphatic heterocycles. The van der Waals surface area contributed by atoms with Crippen LogP contribution in [-0.2, 0) is 32.9 Å². The number of esters is 1. The lowest BCUT2D eigenvalue weighted by Gasteiger charge is -2.44. The molecule has 3 unspecified atom stereocenters. The number of rotatable bonds is 7. The van der Waals surface area contributed by atoms with E-state index in [-0.39, 0.29) is 61.0 Å². The molecule has 5 nitrogen and oxygen atoms in total. The number of fused-ring (bicyclic) bond motifs is 1. The predicted molar refractivity (Wildman–Crippen MR) is 152 cm³/mol. The Hall–Kier alpha value is -3.76. The van der Waals surface area contributed by atoms with E-state index in [0.29, 0.717) is 37.8 Å². The number of alkyl halides is 9. The summed E-state index contributed by atoms with van der Waals surface area (Å²) in [4.78, 5) is 27.3. The summed E-state index contributed by atoms with van der Waals surface area (Å²) in [6, 6.07) is 4.39. The first-order valence-electron chi connectivity index (χ1n) is 15.3. The Kier molecular flexibility index (Phi) is 10.6. The Morgan fingerprint density at radius 3 is 1.94 bits per heavy atom. The van der Waals surface area contributed by atoms with Crippen molar-refractivity contribution in [1.82, 2.24) is 0 Å². The maximum absolute atomic E-state index is 14.0. The third-order valence-corrected chi connectivity index (χ3v) is 9.08. The van der Waals surface area contributed by atoms with Crippen molar-refractivity contribution in [2.24, 2.45) is 11.8 Å². The Morgan fingerprint density at radius 1 is 0.872 bits per heavy atom. The molecular formula is C33H33F9N2O3. The van der Waals surface area contributed by atoms with Crippen LogP contribution in [0.4, 0.5) is 45.2 Å². The highest BCUT2D eigenvalue weighted by Gasteiger charge is 2.45. The van der Waals surface area contributed by atoms with Gasteiger partial charge in [-0.15, -0.1) is 0 Å². The van der Waals surface area contributed by atoms with Crippen molar-refractivity contribution in [3.8, 4) is 6.07 Å². The molecule has 0 spiro atoms. The van der Waals surface area contributed by atoms with Crippen LogP contribution in [0.15, 0.2) is 36.4 Å². The number of carbonyl (C=O) groups excluding carboxylic acids is 2. The number of hydrogen-bond donors (Lipinski definition) is 0. The zero-order valence-corrected chi connectivity index (χ0v) is 25.5. The summed E-state index contributed by atoms with van der Waals surface area (Å²) in [5, 5.41) is 10.2. The molecule has 1 heterocycles. The standard InChI is InChI=1S/C33H33F9N2O3/c1-3-24-16-25(27(17-43)20-12-22(32(37,38)39)14-23(13-20)33(40,41)42)26-15-21(31(34,35)36)9-10-28(26)44(24)30(46)19-7-5-18(6-8-19)11-29(45)47-4-2/h9-10,12-15,18-19,24-25,27H,3-8,11,16H2,1-2H3. The molecule has 1 saturated carbocycles. The second-order valence-corrected chi connectivity index (χ2v) is 12.1. The molecule has 0 aromatic heterocycles. The predicted octanol–water partition coefficient (Wildman–Crippen LogP) is 9.41. The maximum Gasteiger partial charge on any atom is 0.416 e. The van der Waals surface area contributed by atoms with E-state index < -0.39 is 64.6 Å². The van der Waals surface area contributed by atoms with Gasteiger partial charge in [0.15, 0.2) is 0 Å². The lowest BCUT2D eigenvalue weighted by molar-refractivity contribution is -0.145. The topological polar surface area (TPSA) is 70.4 Å². The summed E-state index contributed by atoms with van der Waals surface area (Å²) in [7, 11) is 0. The minimum Gasteiger partial charge on any atom is -0.466 e. The van der Waals surface area contributed by atoms with Gasteiger partial charge in [-0.2, -0.15) is 44.8 Å². The molecule has 47 heavy (non-hydrogen) atoms. The van der Waals surface area contributed by atoms with Crippen LogP contribution in [0.3, 0.4) is 0 Å². The number of ether oxygens (including phenoxy) is 1. The van der Waals surface area contributed by atoms with Gasteiger partial charge in [0, 0.05) is 30.0 Å². The first kappa shape index (κ1) is 36.1. The number of nitrogens with zero attached hydrogens (tertiary/aromatic N) is 2. The van der Waals surface area contributed by atoms with Gasteiger partial charge in [-0.1, -0.05) is 6.92 Å². The minimum atomic E-state index is -5.20. The van der Waals surface area contributed by atoms with Crippen molar-refractivity contribution < 1.29 is 53.8 Å². The fourth-order valence-corrected chi connectivity index (χ4v) is 6.75. The molecule has 0 N–H and O–H groups in total. The molecular weight excluding hydrogens is 643 g/mol. The van der Waals surface area contributed by atoms with Gasteiger partial charge >= 0.3 is 24.5 Å². The average molecular weight is 677 g/mol. The molecule has 0 saturated heterocycles. The molecule has 14 heteroatoms. The van der Waals surface area contributed by atoms with Gasteiger partial charge in [0.25, 0.3) is 0 Å². The first-order valence-corrected chi connectivity index (χ1v) is 15.3. The van der Waals surface area contributed by atoms with Crippen LogP contribution in [0, 0.1) is 23.2 Å². The van der Waals surface area contributed by atoms with Gasteiger partial charge in [-0.25, -0.2) is 0 Å². The number of carbonyl (C=O) groups is 2.